The third-order valence-electron chi connectivity index (χ3n) is 2.65. The van der Waals surface area contributed by atoms with Crippen LogP contribution in [0.1, 0.15) is 20.8 Å². The number of rotatable bonds is 4. The van der Waals surface area contributed by atoms with Crippen molar-refractivity contribution in [3.8, 4) is 0 Å². The van der Waals surface area contributed by atoms with E-state index in [0.29, 0.717) is 0 Å². The van der Waals surface area contributed by atoms with Crippen LogP contribution in [0.5, 0.6) is 0 Å². The molecule has 9 heteroatoms. The number of alkyl halides is 1. The van der Waals surface area contributed by atoms with Crippen molar-refractivity contribution in [1.29, 1.82) is 0 Å². The fourth-order valence-corrected chi connectivity index (χ4v) is 2.41. The summed E-state index contributed by atoms with van der Waals surface area (Å²) in [6.07, 6.45) is -4.26. The van der Waals surface area contributed by atoms with E-state index in [0.717, 1.165) is 0 Å². The van der Waals surface area contributed by atoms with Gasteiger partial charge in [-0.15, -0.1) is 0 Å². The maximum absolute atomic E-state index is 11.2. The highest BCUT2D eigenvalue weighted by molar-refractivity contribution is 9.09. The average Bonchev–Trinajstić information content (AvgIpc) is 2.35. The first kappa shape index (κ1) is 17.9. The minimum absolute atomic E-state index is 0.248. The molecule has 1 saturated heterocycles. The van der Waals surface area contributed by atoms with Crippen molar-refractivity contribution in [2.45, 2.75) is 50.2 Å². The summed E-state index contributed by atoms with van der Waals surface area (Å²) in [5.74, 6) is -1.79. The monoisotopic (exact) mass is 368 g/mol. The van der Waals surface area contributed by atoms with E-state index in [9.17, 15) is 19.5 Å². The summed E-state index contributed by atoms with van der Waals surface area (Å²) in [7, 11) is 0. The molecule has 1 rings (SSSR count). The van der Waals surface area contributed by atoms with Gasteiger partial charge in [0.15, 0.2) is 18.5 Å². The highest BCUT2D eigenvalue weighted by atomic mass is 79.9. The third-order valence-corrected chi connectivity index (χ3v) is 3.62. The molecule has 0 amide bonds. The predicted molar refractivity (Wildman–Crippen MR) is 71.3 cm³/mol. The number of ether oxygens (including phenoxy) is 4. The van der Waals surface area contributed by atoms with Gasteiger partial charge in [0, 0.05) is 20.8 Å². The number of hydrogen-bond donors (Lipinski definition) is 1. The first-order chi connectivity index (χ1) is 9.72. The summed E-state index contributed by atoms with van der Waals surface area (Å²) >= 11 is 3.14. The van der Waals surface area contributed by atoms with Gasteiger partial charge < -0.3 is 24.1 Å². The molecule has 0 saturated carbocycles. The minimum atomic E-state index is -1.32. The van der Waals surface area contributed by atoms with Gasteiger partial charge in [0.25, 0.3) is 0 Å². The second kappa shape index (κ2) is 7.71. The van der Waals surface area contributed by atoms with E-state index in [1.165, 1.54) is 20.8 Å². The zero-order valence-electron chi connectivity index (χ0n) is 11.8. The van der Waals surface area contributed by atoms with Crippen LogP contribution in [0.15, 0.2) is 0 Å². The van der Waals surface area contributed by atoms with E-state index in [4.69, 9.17) is 18.9 Å². The van der Waals surface area contributed by atoms with Crippen LogP contribution in [0.3, 0.4) is 0 Å². The van der Waals surface area contributed by atoms with Crippen LogP contribution >= 0.6 is 15.9 Å². The molecule has 8 nitrogen and oxygen atoms in total. The van der Waals surface area contributed by atoms with Crippen LogP contribution in [0.25, 0.3) is 0 Å². The van der Waals surface area contributed by atoms with Gasteiger partial charge in [-0.3, -0.25) is 14.4 Å². The van der Waals surface area contributed by atoms with Gasteiger partial charge in [-0.25, -0.2) is 0 Å². The molecule has 1 N–H and O–H groups in total. The van der Waals surface area contributed by atoms with Crippen molar-refractivity contribution in [2.24, 2.45) is 0 Å². The molecule has 0 aromatic rings. The van der Waals surface area contributed by atoms with Gasteiger partial charge in [-0.05, 0) is 0 Å². The van der Waals surface area contributed by atoms with Crippen LogP contribution < -0.4 is 0 Å². The molecule has 1 heterocycles. The summed E-state index contributed by atoms with van der Waals surface area (Å²) in [5.41, 5.74) is 0. The molecule has 0 radical (unpaired) electrons. The molecule has 21 heavy (non-hydrogen) atoms. The number of carbonyl (C=O) groups is 3. The fraction of sp³-hybridized carbons (Fsp3) is 0.750. The van der Waals surface area contributed by atoms with Gasteiger partial charge in [0.1, 0.15) is 17.5 Å². The second-order valence-electron chi connectivity index (χ2n) is 4.46. The number of esters is 3. The molecule has 1 fully saturated rings. The lowest BCUT2D eigenvalue weighted by atomic mass is 10.0. The van der Waals surface area contributed by atoms with Gasteiger partial charge >= 0.3 is 17.9 Å². The first-order valence-electron chi connectivity index (χ1n) is 6.17. The molecule has 0 unspecified atom stereocenters. The third kappa shape index (κ3) is 5.25. The van der Waals surface area contributed by atoms with Crippen molar-refractivity contribution in [1.82, 2.24) is 0 Å². The molecule has 1 aliphatic heterocycles. The number of halogens is 1. The van der Waals surface area contributed by atoms with Crippen molar-refractivity contribution >= 4 is 33.8 Å². The lowest BCUT2D eigenvalue weighted by Crippen LogP contribution is -2.59. The minimum Gasteiger partial charge on any atom is -0.463 e. The molecule has 0 aromatic carbocycles. The smallest absolute Gasteiger partial charge is 0.303 e. The zero-order valence-corrected chi connectivity index (χ0v) is 13.4. The van der Waals surface area contributed by atoms with Crippen molar-refractivity contribution in [3.05, 3.63) is 0 Å². The average molecular weight is 369 g/mol. The highest BCUT2D eigenvalue weighted by Crippen LogP contribution is 2.30. The van der Waals surface area contributed by atoms with E-state index < -0.39 is 47.3 Å². The fourth-order valence-electron chi connectivity index (χ4n) is 1.88. The lowest BCUT2D eigenvalue weighted by Gasteiger charge is -2.41. The Balaban J connectivity index is 2.94. The Morgan fingerprint density at radius 1 is 1.05 bits per heavy atom. The van der Waals surface area contributed by atoms with Gasteiger partial charge in [-0.1, -0.05) is 15.9 Å². The van der Waals surface area contributed by atoms with Gasteiger partial charge in [-0.2, -0.15) is 0 Å². The van der Waals surface area contributed by atoms with Gasteiger partial charge in [0.2, 0.25) is 0 Å². The van der Waals surface area contributed by atoms with Crippen molar-refractivity contribution in [2.75, 3.05) is 6.61 Å². The Morgan fingerprint density at radius 2 is 1.57 bits per heavy atom. The molecule has 0 aliphatic carbocycles. The van der Waals surface area contributed by atoms with E-state index in [-0.39, 0.29) is 6.61 Å². The topological polar surface area (TPSA) is 108 Å². The molecule has 1 aliphatic rings. The summed E-state index contributed by atoms with van der Waals surface area (Å²) in [5, 5.41) is 9.81. The Labute approximate surface area is 129 Å². The Kier molecular flexibility index (Phi) is 6.56. The summed E-state index contributed by atoms with van der Waals surface area (Å²) < 4.78 is 20.2. The first-order valence-corrected chi connectivity index (χ1v) is 7.09. The quantitative estimate of drug-likeness (QED) is 0.416. The molecule has 0 bridgehead atoms. The maximum atomic E-state index is 11.2. The van der Waals surface area contributed by atoms with E-state index >= 15 is 0 Å². The normalized spacial score (nSPS) is 32.1. The Bertz CT molecular complexity index is 412. The zero-order chi connectivity index (χ0) is 16.2. The van der Waals surface area contributed by atoms with E-state index in [1.54, 1.807) is 0 Å². The molecule has 5 atom stereocenters. The molecular weight excluding hydrogens is 352 g/mol. The molecule has 0 aromatic heterocycles. The standard InChI is InChI=1S/C12H17BrO8/c1-5(14)18-4-8-10(19-6(2)15)11(20-7(3)16)9(13)12(17)21-8/h8-12,17H,4H2,1-3H3/t8-,9+,10-,11-,12-/m1/s1. The molecular formula is C12H17BrO8. The van der Waals surface area contributed by atoms with Crippen LogP contribution in [0.4, 0.5) is 0 Å². The number of aliphatic hydroxyl groups excluding tert-OH is 1. The maximum Gasteiger partial charge on any atom is 0.303 e. The lowest BCUT2D eigenvalue weighted by molar-refractivity contribution is -0.248. The number of aliphatic hydroxyl groups is 1. The van der Waals surface area contributed by atoms with Crippen molar-refractivity contribution in [3.63, 3.8) is 0 Å². The highest BCUT2D eigenvalue weighted by Gasteiger charge is 2.48. The largest absolute Gasteiger partial charge is 0.463 e. The molecule has 0 spiro atoms. The predicted octanol–water partition coefficient (Wildman–Crippen LogP) is -0.106. The SMILES string of the molecule is CC(=O)OC[C@H]1O[C@@H](O)[C@@H](Br)[C@@H](OC(C)=O)[C@@H]1OC(C)=O. The van der Waals surface area contributed by atoms with E-state index in [1.807, 2.05) is 0 Å². The molecule has 120 valence electrons. The van der Waals surface area contributed by atoms with Crippen molar-refractivity contribution < 1.29 is 38.4 Å². The summed E-state index contributed by atoms with van der Waals surface area (Å²) in [4.78, 5) is 32.5. The van der Waals surface area contributed by atoms with Crippen LogP contribution in [0, 0.1) is 0 Å². The van der Waals surface area contributed by atoms with Crippen LogP contribution in [-0.2, 0) is 33.3 Å². The Hall–Kier alpha value is -1.19. The van der Waals surface area contributed by atoms with Crippen LogP contribution in [0.2, 0.25) is 0 Å². The number of carbonyl (C=O) groups excluding carboxylic acids is 3. The van der Waals surface area contributed by atoms with Gasteiger partial charge in [0.05, 0.1) is 0 Å². The summed E-state index contributed by atoms with van der Waals surface area (Å²) in [6.45, 7) is 3.33. The summed E-state index contributed by atoms with van der Waals surface area (Å²) in [6, 6.07) is 0. The van der Waals surface area contributed by atoms with E-state index in [2.05, 4.69) is 15.9 Å². The van der Waals surface area contributed by atoms with Crippen LogP contribution in [-0.4, -0.2) is 59.1 Å². The number of hydrogen-bond acceptors (Lipinski definition) is 8. The second-order valence-corrected chi connectivity index (χ2v) is 5.52. The Morgan fingerprint density at radius 3 is 2.05 bits per heavy atom.